The molecule has 0 saturated heterocycles. The number of aliphatic hydroxyl groups is 1. The fourth-order valence-corrected chi connectivity index (χ4v) is 3.98. The van der Waals surface area contributed by atoms with Gasteiger partial charge in [-0.3, -0.25) is 0 Å². The van der Waals surface area contributed by atoms with E-state index in [9.17, 15) is 9.32 Å². The zero-order chi connectivity index (χ0) is 17.6. The van der Waals surface area contributed by atoms with Crippen molar-refractivity contribution in [3.8, 4) is 17.2 Å². The first-order valence-electron chi connectivity index (χ1n) is 8.75. The molecule has 2 unspecified atom stereocenters. The lowest BCUT2D eigenvalue weighted by atomic mass is 10.1. The molecule has 1 aliphatic carbocycles. The molecule has 2 atom stereocenters. The van der Waals surface area contributed by atoms with Crippen LogP contribution in [0.5, 0.6) is 17.2 Å². The summed E-state index contributed by atoms with van der Waals surface area (Å²) in [7, 11) is 0. The molecule has 0 fully saturated rings. The quantitative estimate of drug-likeness (QED) is 0.772. The van der Waals surface area contributed by atoms with Gasteiger partial charge in [-0.1, -0.05) is 31.5 Å². The summed E-state index contributed by atoms with van der Waals surface area (Å²) in [6, 6.07) is 13.3. The van der Waals surface area contributed by atoms with Gasteiger partial charge in [-0.15, -0.1) is 0 Å². The van der Waals surface area contributed by atoms with E-state index in [0.29, 0.717) is 17.3 Å². The standard InChI is InChI=1S/C20H24O4S/c1-2-3-10-25(22)24-18-8-5-7-17(13-18)23-20-9-4-6-16-11-15(14-21)12-19(16)20/h4-9,13,15,21H,2-3,10-12,14H2,1H3. The Balaban J connectivity index is 1.71. The van der Waals surface area contributed by atoms with Crippen molar-refractivity contribution in [3.05, 3.63) is 53.6 Å². The third-order valence-electron chi connectivity index (χ3n) is 4.38. The van der Waals surface area contributed by atoms with Gasteiger partial charge in [-0.05, 0) is 54.5 Å². The monoisotopic (exact) mass is 360 g/mol. The Morgan fingerprint density at radius 2 is 1.96 bits per heavy atom. The summed E-state index contributed by atoms with van der Waals surface area (Å²) in [5, 5.41) is 9.41. The van der Waals surface area contributed by atoms with Crippen LogP contribution in [0.2, 0.25) is 0 Å². The van der Waals surface area contributed by atoms with E-state index in [1.165, 1.54) is 11.1 Å². The number of hydrogen-bond acceptors (Lipinski definition) is 4. The van der Waals surface area contributed by atoms with Crippen LogP contribution in [0.15, 0.2) is 42.5 Å². The number of fused-ring (bicyclic) bond motifs is 1. The molecule has 0 radical (unpaired) electrons. The molecule has 0 aromatic heterocycles. The predicted octanol–water partition coefficient (Wildman–Crippen LogP) is 4.03. The summed E-state index contributed by atoms with van der Waals surface area (Å²) in [5.41, 5.74) is 2.41. The van der Waals surface area contributed by atoms with Crippen molar-refractivity contribution in [1.82, 2.24) is 0 Å². The molecule has 134 valence electrons. The summed E-state index contributed by atoms with van der Waals surface area (Å²) < 4.78 is 23.4. The largest absolute Gasteiger partial charge is 0.457 e. The fourth-order valence-electron chi connectivity index (χ4n) is 3.06. The molecule has 4 nitrogen and oxygen atoms in total. The molecule has 5 heteroatoms. The smallest absolute Gasteiger partial charge is 0.206 e. The first kappa shape index (κ1) is 18.0. The molecule has 25 heavy (non-hydrogen) atoms. The Bertz CT molecular complexity index is 744. The summed E-state index contributed by atoms with van der Waals surface area (Å²) in [6.45, 7) is 2.26. The minimum absolute atomic E-state index is 0.195. The lowest BCUT2D eigenvalue weighted by Gasteiger charge is -2.12. The molecule has 0 spiro atoms. The Kier molecular flexibility index (Phi) is 6.10. The molecule has 1 N–H and O–H groups in total. The van der Waals surface area contributed by atoms with Gasteiger partial charge in [0.25, 0.3) is 0 Å². The number of unbranched alkanes of at least 4 members (excludes halogenated alkanes) is 1. The van der Waals surface area contributed by atoms with Gasteiger partial charge >= 0.3 is 0 Å². The van der Waals surface area contributed by atoms with Crippen molar-refractivity contribution in [2.24, 2.45) is 5.92 Å². The second-order valence-electron chi connectivity index (χ2n) is 6.37. The Labute approximate surface area is 151 Å². The lowest BCUT2D eigenvalue weighted by molar-refractivity contribution is 0.232. The van der Waals surface area contributed by atoms with Gasteiger partial charge in [0.2, 0.25) is 11.1 Å². The molecule has 1 aliphatic rings. The number of ether oxygens (including phenoxy) is 1. The van der Waals surface area contributed by atoms with Crippen LogP contribution in [0.3, 0.4) is 0 Å². The highest BCUT2D eigenvalue weighted by Gasteiger charge is 2.24. The van der Waals surface area contributed by atoms with Crippen molar-refractivity contribution in [3.63, 3.8) is 0 Å². The normalized spacial score (nSPS) is 17.1. The summed E-state index contributed by atoms with van der Waals surface area (Å²) in [4.78, 5) is 0. The van der Waals surface area contributed by atoms with Gasteiger partial charge in [-0.25, -0.2) is 4.21 Å². The first-order valence-corrected chi connectivity index (χ1v) is 10.00. The average Bonchev–Trinajstić information content (AvgIpc) is 3.05. The molecule has 0 heterocycles. The van der Waals surface area contributed by atoms with E-state index in [0.717, 1.165) is 31.4 Å². The third kappa shape index (κ3) is 4.61. The molecular weight excluding hydrogens is 336 g/mol. The average molecular weight is 360 g/mol. The van der Waals surface area contributed by atoms with Crippen LogP contribution in [-0.4, -0.2) is 21.7 Å². The predicted molar refractivity (Wildman–Crippen MR) is 99.5 cm³/mol. The SMILES string of the molecule is CCCCS(=O)Oc1cccc(Oc2cccc3c2CC(CO)C3)c1. The molecule has 2 aromatic carbocycles. The fraction of sp³-hybridized carbons (Fsp3) is 0.400. The third-order valence-corrected chi connectivity index (χ3v) is 5.38. The highest BCUT2D eigenvalue weighted by atomic mass is 32.2. The van der Waals surface area contributed by atoms with E-state index >= 15 is 0 Å². The van der Waals surface area contributed by atoms with Crippen LogP contribution in [0.25, 0.3) is 0 Å². The van der Waals surface area contributed by atoms with Crippen LogP contribution in [0.1, 0.15) is 30.9 Å². The molecule has 0 bridgehead atoms. The second kappa shape index (κ2) is 8.50. The van der Waals surface area contributed by atoms with Crippen LogP contribution in [0.4, 0.5) is 0 Å². The lowest BCUT2D eigenvalue weighted by Crippen LogP contribution is -2.05. The van der Waals surface area contributed by atoms with Crippen LogP contribution in [0, 0.1) is 5.92 Å². The van der Waals surface area contributed by atoms with E-state index in [1.54, 1.807) is 12.1 Å². The molecular formula is C20H24O4S. The maximum absolute atomic E-state index is 11.9. The van der Waals surface area contributed by atoms with Gasteiger partial charge in [0, 0.05) is 12.7 Å². The van der Waals surface area contributed by atoms with Gasteiger partial charge < -0.3 is 14.0 Å². The molecule has 0 aliphatic heterocycles. The zero-order valence-electron chi connectivity index (χ0n) is 14.4. The van der Waals surface area contributed by atoms with Crippen molar-refractivity contribution >= 4 is 11.1 Å². The van der Waals surface area contributed by atoms with E-state index in [-0.39, 0.29) is 12.5 Å². The Morgan fingerprint density at radius 1 is 1.16 bits per heavy atom. The van der Waals surface area contributed by atoms with Gasteiger partial charge in [-0.2, -0.15) is 0 Å². The van der Waals surface area contributed by atoms with E-state index < -0.39 is 11.1 Å². The minimum atomic E-state index is -1.31. The summed E-state index contributed by atoms with van der Waals surface area (Å²) >= 11 is -1.31. The molecule has 2 aromatic rings. The number of benzene rings is 2. The van der Waals surface area contributed by atoms with E-state index in [1.807, 2.05) is 24.3 Å². The topological polar surface area (TPSA) is 55.8 Å². The minimum Gasteiger partial charge on any atom is -0.457 e. The maximum atomic E-state index is 11.9. The number of aliphatic hydroxyl groups excluding tert-OH is 1. The first-order chi connectivity index (χ1) is 12.2. The molecule has 0 saturated carbocycles. The van der Waals surface area contributed by atoms with Gasteiger partial charge in [0.15, 0.2) is 0 Å². The van der Waals surface area contributed by atoms with Gasteiger partial charge in [0.1, 0.15) is 17.2 Å². The highest BCUT2D eigenvalue weighted by Crippen LogP contribution is 2.36. The maximum Gasteiger partial charge on any atom is 0.206 e. The molecule has 0 amide bonds. The van der Waals surface area contributed by atoms with Crippen molar-refractivity contribution in [1.29, 1.82) is 0 Å². The second-order valence-corrected chi connectivity index (χ2v) is 7.55. The van der Waals surface area contributed by atoms with Crippen molar-refractivity contribution < 1.29 is 18.2 Å². The summed E-state index contributed by atoms with van der Waals surface area (Å²) in [6.07, 6.45) is 3.60. The Morgan fingerprint density at radius 3 is 2.76 bits per heavy atom. The zero-order valence-corrected chi connectivity index (χ0v) is 15.3. The number of hydrogen-bond donors (Lipinski definition) is 1. The van der Waals surface area contributed by atoms with Crippen molar-refractivity contribution in [2.75, 3.05) is 12.4 Å². The van der Waals surface area contributed by atoms with Crippen LogP contribution < -0.4 is 8.92 Å². The number of rotatable bonds is 8. The van der Waals surface area contributed by atoms with Gasteiger partial charge in [0.05, 0.1) is 5.75 Å². The van der Waals surface area contributed by atoms with E-state index in [2.05, 4.69) is 13.0 Å². The molecule has 3 rings (SSSR count). The Hall–Kier alpha value is -1.85. The van der Waals surface area contributed by atoms with E-state index in [4.69, 9.17) is 8.92 Å². The summed E-state index contributed by atoms with van der Waals surface area (Å²) in [5.74, 6) is 2.84. The van der Waals surface area contributed by atoms with Crippen LogP contribution in [-0.2, 0) is 23.9 Å². The van der Waals surface area contributed by atoms with Crippen molar-refractivity contribution in [2.45, 2.75) is 32.6 Å². The highest BCUT2D eigenvalue weighted by molar-refractivity contribution is 7.80. The van der Waals surface area contributed by atoms with Crippen LogP contribution >= 0.6 is 0 Å².